The molecule has 144 valence electrons. The van der Waals surface area contributed by atoms with E-state index < -0.39 is 12.6 Å². The number of esters is 1. The summed E-state index contributed by atoms with van der Waals surface area (Å²) in [6.45, 7) is -3.26. The third kappa shape index (κ3) is 6.14. The molecule has 2 rings (SSSR count). The largest absolute Gasteiger partial charge is 0.493 e. The highest BCUT2D eigenvalue weighted by Crippen LogP contribution is 2.28. The first kappa shape index (κ1) is 20.5. The maximum Gasteiger partial charge on any atom is 0.387 e. The fraction of sp³-hybridized carbons (Fsp3) is 0.211. The smallest absolute Gasteiger partial charge is 0.387 e. The van der Waals surface area contributed by atoms with E-state index in [0.29, 0.717) is 22.1 Å². The molecule has 0 aliphatic carbocycles. The minimum atomic E-state index is -2.99. The number of alkyl halides is 2. The number of benzene rings is 2. The fourth-order valence-corrected chi connectivity index (χ4v) is 2.38. The van der Waals surface area contributed by atoms with Gasteiger partial charge in [0.1, 0.15) is 12.4 Å². The Labute approximate surface area is 160 Å². The molecule has 2 aromatic rings. The van der Waals surface area contributed by atoms with E-state index in [1.807, 2.05) is 0 Å². The summed E-state index contributed by atoms with van der Waals surface area (Å²) in [5, 5.41) is 0.309. The summed E-state index contributed by atoms with van der Waals surface area (Å²) in [7, 11) is 3.02. The number of halogens is 3. The fourth-order valence-electron chi connectivity index (χ4n) is 2.19. The minimum absolute atomic E-state index is 0.105. The van der Waals surface area contributed by atoms with Crippen molar-refractivity contribution < 1.29 is 32.5 Å². The van der Waals surface area contributed by atoms with Crippen LogP contribution in [-0.2, 0) is 16.1 Å². The van der Waals surface area contributed by atoms with Crippen LogP contribution >= 0.6 is 11.6 Å². The van der Waals surface area contributed by atoms with Crippen LogP contribution < -0.4 is 14.2 Å². The van der Waals surface area contributed by atoms with E-state index in [2.05, 4.69) is 4.74 Å². The summed E-state index contributed by atoms with van der Waals surface area (Å²) in [5.74, 6) is 0.310. The molecular weight excluding hydrogens is 382 g/mol. The van der Waals surface area contributed by atoms with Gasteiger partial charge < -0.3 is 18.9 Å². The molecule has 0 fully saturated rings. The summed E-state index contributed by atoms with van der Waals surface area (Å²) in [5.41, 5.74) is 0.921. The predicted molar refractivity (Wildman–Crippen MR) is 96.5 cm³/mol. The molecule has 2 aromatic carbocycles. The molecule has 0 amide bonds. The molecule has 0 aromatic heterocycles. The molecule has 5 nitrogen and oxygen atoms in total. The number of hydrogen-bond donors (Lipinski definition) is 0. The highest BCUT2D eigenvalue weighted by atomic mass is 35.5. The molecule has 0 bridgehead atoms. The zero-order valence-corrected chi connectivity index (χ0v) is 15.3. The van der Waals surface area contributed by atoms with Crippen LogP contribution in [0.4, 0.5) is 8.78 Å². The molecule has 0 radical (unpaired) electrons. The molecule has 0 aliphatic heterocycles. The Balaban J connectivity index is 2.02. The Morgan fingerprint density at radius 2 is 1.78 bits per heavy atom. The van der Waals surface area contributed by atoms with Gasteiger partial charge in [-0.05, 0) is 42.0 Å². The minimum Gasteiger partial charge on any atom is -0.493 e. The number of carbonyl (C=O) groups excluding carboxylic acids is 1. The lowest BCUT2D eigenvalue weighted by Gasteiger charge is -2.11. The van der Waals surface area contributed by atoms with Crippen LogP contribution in [-0.4, -0.2) is 26.8 Å². The summed E-state index contributed by atoms with van der Waals surface area (Å²) in [4.78, 5) is 11.9. The van der Waals surface area contributed by atoms with Crippen LogP contribution in [0.2, 0.25) is 5.02 Å². The molecule has 0 heterocycles. The Kier molecular flexibility index (Phi) is 7.43. The highest BCUT2D eigenvalue weighted by molar-refractivity contribution is 6.30. The zero-order chi connectivity index (χ0) is 19.8. The van der Waals surface area contributed by atoms with Crippen molar-refractivity contribution in [1.29, 1.82) is 0 Å². The van der Waals surface area contributed by atoms with Gasteiger partial charge >= 0.3 is 12.6 Å². The van der Waals surface area contributed by atoms with E-state index in [0.717, 1.165) is 0 Å². The van der Waals surface area contributed by atoms with Crippen LogP contribution in [0, 0.1) is 0 Å². The lowest BCUT2D eigenvalue weighted by Crippen LogP contribution is -2.07. The van der Waals surface area contributed by atoms with Crippen LogP contribution in [0.5, 0.6) is 17.2 Å². The molecule has 0 N–H and O–H groups in total. The van der Waals surface area contributed by atoms with Gasteiger partial charge in [-0.2, -0.15) is 8.78 Å². The normalized spacial score (nSPS) is 10.9. The topological polar surface area (TPSA) is 54.0 Å². The number of rotatable bonds is 8. The third-order valence-electron chi connectivity index (χ3n) is 3.43. The molecule has 0 atom stereocenters. The predicted octanol–water partition coefficient (Wildman–Crippen LogP) is 4.72. The first-order valence-corrected chi connectivity index (χ1v) is 8.11. The second kappa shape index (κ2) is 9.78. The van der Waals surface area contributed by atoms with Crippen molar-refractivity contribution >= 4 is 23.6 Å². The summed E-state index contributed by atoms with van der Waals surface area (Å²) >= 11 is 5.84. The van der Waals surface area contributed by atoms with Crippen molar-refractivity contribution in [3.63, 3.8) is 0 Å². The van der Waals surface area contributed by atoms with E-state index in [-0.39, 0.29) is 17.9 Å². The maximum atomic E-state index is 12.4. The van der Waals surface area contributed by atoms with Gasteiger partial charge in [0.2, 0.25) is 0 Å². The Hall–Kier alpha value is -2.80. The lowest BCUT2D eigenvalue weighted by atomic mass is 10.2. The molecule has 0 spiro atoms. The van der Waals surface area contributed by atoms with Crippen molar-refractivity contribution in [3.05, 3.63) is 58.6 Å². The standard InChI is InChI=1S/C19H17ClF2O5/c1-24-16-6-3-12(9-17(16)25-2)4-8-18(23)26-11-13-10-14(20)5-7-15(13)27-19(21)22/h3-10,19H,11H2,1-2H3. The number of carbonyl (C=O) groups is 1. The summed E-state index contributed by atoms with van der Waals surface area (Å²) in [6.07, 6.45) is 2.73. The quantitative estimate of drug-likeness (QED) is 0.476. The van der Waals surface area contributed by atoms with Gasteiger partial charge in [0, 0.05) is 16.7 Å². The maximum absolute atomic E-state index is 12.4. The van der Waals surface area contributed by atoms with E-state index >= 15 is 0 Å². The average molecular weight is 399 g/mol. The second-order valence-electron chi connectivity index (χ2n) is 5.19. The number of methoxy groups -OCH3 is 2. The zero-order valence-electron chi connectivity index (χ0n) is 14.6. The second-order valence-corrected chi connectivity index (χ2v) is 5.62. The molecule has 8 heteroatoms. The van der Waals surface area contributed by atoms with Crippen molar-refractivity contribution in [3.8, 4) is 17.2 Å². The molecule has 0 saturated heterocycles. The van der Waals surface area contributed by atoms with Gasteiger partial charge in [-0.3, -0.25) is 0 Å². The summed E-state index contributed by atoms with van der Waals surface area (Å²) < 4.78 is 44.6. The van der Waals surface area contributed by atoms with Gasteiger partial charge in [0.25, 0.3) is 0 Å². The molecular formula is C19H17ClF2O5. The average Bonchev–Trinajstić information content (AvgIpc) is 2.65. The summed E-state index contributed by atoms with van der Waals surface area (Å²) in [6, 6.07) is 9.21. The van der Waals surface area contributed by atoms with Crippen molar-refractivity contribution in [2.24, 2.45) is 0 Å². The van der Waals surface area contributed by atoms with Crippen LogP contribution in [0.15, 0.2) is 42.5 Å². The van der Waals surface area contributed by atoms with Crippen molar-refractivity contribution in [2.45, 2.75) is 13.2 Å². The monoisotopic (exact) mass is 398 g/mol. The van der Waals surface area contributed by atoms with E-state index in [1.165, 1.54) is 44.6 Å². The van der Waals surface area contributed by atoms with Crippen LogP contribution in [0.25, 0.3) is 6.08 Å². The van der Waals surface area contributed by atoms with Crippen molar-refractivity contribution in [2.75, 3.05) is 14.2 Å². The van der Waals surface area contributed by atoms with Gasteiger partial charge in [-0.15, -0.1) is 0 Å². The molecule has 27 heavy (non-hydrogen) atoms. The van der Waals surface area contributed by atoms with Gasteiger partial charge in [-0.1, -0.05) is 17.7 Å². The number of hydrogen-bond acceptors (Lipinski definition) is 5. The SMILES string of the molecule is COc1ccc(C=CC(=O)OCc2cc(Cl)ccc2OC(F)F)cc1OC. The number of ether oxygens (including phenoxy) is 4. The molecule has 0 saturated carbocycles. The molecule has 0 aliphatic rings. The lowest BCUT2D eigenvalue weighted by molar-refractivity contribution is -0.139. The Morgan fingerprint density at radius 1 is 1.07 bits per heavy atom. The first-order chi connectivity index (χ1) is 12.9. The van der Waals surface area contributed by atoms with E-state index in [9.17, 15) is 13.6 Å². The van der Waals surface area contributed by atoms with Crippen molar-refractivity contribution in [1.82, 2.24) is 0 Å². The van der Waals surface area contributed by atoms with Gasteiger partial charge in [0.15, 0.2) is 11.5 Å². The molecule has 0 unspecified atom stereocenters. The first-order valence-electron chi connectivity index (χ1n) is 7.73. The van der Waals surface area contributed by atoms with Crippen LogP contribution in [0.1, 0.15) is 11.1 Å². The third-order valence-corrected chi connectivity index (χ3v) is 3.66. The highest BCUT2D eigenvalue weighted by Gasteiger charge is 2.12. The van der Waals surface area contributed by atoms with E-state index in [4.69, 9.17) is 25.8 Å². The van der Waals surface area contributed by atoms with Gasteiger partial charge in [0.05, 0.1) is 14.2 Å². The Morgan fingerprint density at radius 3 is 2.44 bits per heavy atom. The van der Waals surface area contributed by atoms with Crippen LogP contribution in [0.3, 0.4) is 0 Å². The van der Waals surface area contributed by atoms with E-state index in [1.54, 1.807) is 18.2 Å². The van der Waals surface area contributed by atoms with Gasteiger partial charge in [-0.25, -0.2) is 4.79 Å². The Bertz CT molecular complexity index is 824.